The van der Waals surface area contributed by atoms with E-state index in [9.17, 15) is 14.7 Å². The molecule has 1 aliphatic heterocycles. The van der Waals surface area contributed by atoms with Gasteiger partial charge < -0.3 is 10.0 Å². The molecule has 0 saturated carbocycles. The number of amides is 1. The molecule has 0 aromatic carbocycles. The van der Waals surface area contributed by atoms with Gasteiger partial charge in [-0.05, 0) is 44.3 Å². The maximum absolute atomic E-state index is 12.6. The number of aliphatic carboxylic acids is 1. The number of rotatable bonds is 4. The molecular formula is C12H13Br2NO3S2. The second kappa shape index (κ2) is 6.81. The van der Waals surface area contributed by atoms with Crippen LogP contribution in [0.2, 0.25) is 0 Å². The number of hydrogen-bond acceptors (Lipinski definition) is 4. The zero-order valence-electron chi connectivity index (χ0n) is 10.6. The number of carbonyl (C=O) groups excluding carboxylic acids is 1. The first-order chi connectivity index (χ1) is 9.45. The predicted molar refractivity (Wildman–Crippen MR) is 88.5 cm³/mol. The van der Waals surface area contributed by atoms with E-state index in [0.717, 1.165) is 21.1 Å². The Kier molecular flexibility index (Phi) is 5.56. The molecule has 4 nitrogen and oxygen atoms in total. The molecule has 0 spiro atoms. The zero-order valence-corrected chi connectivity index (χ0v) is 15.4. The molecule has 1 aromatic rings. The fourth-order valence-electron chi connectivity index (χ4n) is 2.07. The van der Waals surface area contributed by atoms with Gasteiger partial charge in [-0.2, -0.15) is 0 Å². The van der Waals surface area contributed by atoms with Gasteiger partial charge in [0.2, 0.25) is 0 Å². The molecule has 1 N–H and O–H groups in total. The summed E-state index contributed by atoms with van der Waals surface area (Å²) in [5.74, 6) is -0.671. The van der Waals surface area contributed by atoms with Crippen molar-refractivity contribution in [2.45, 2.75) is 31.2 Å². The average molecular weight is 443 g/mol. The summed E-state index contributed by atoms with van der Waals surface area (Å²) in [5.41, 5.74) is 0. The lowest BCUT2D eigenvalue weighted by molar-refractivity contribution is -0.141. The van der Waals surface area contributed by atoms with E-state index in [1.807, 2.05) is 6.92 Å². The van der Waals surface area contributed by atoms with E-state index >= 15 is 0 Å². The number of nitrogens with zero attached hydrogens (tertiary/aromatic N) is 1. The smallest absolute Gasteiger partial charge is 0.327 e. The van der Waals surface area contributed by atoms with Crippen molar-refractivity contribution in [3.63, 3.8) is 0 Å². The SMILES string of the molecule is CCCC1SCC(C(=O)O)N1C(=O)c1cc(Br)c(Br)s1. The lowest BCUT2D eigenvalue weighted by Gasteiger charge is -2.26. The summed E-state index contributed by atoms with van der Waals surface area (Å²) in [7, 11) is 0. The van der Waals surface area contributed by atoms with E-state index in [2.05, 4.69) is 31.9 Å². The topological polar surface area (TPSA) is 57.6 Å². The first-order valence-electron chi connectivity index (χ1n) is 6.07. The lowest BCUT2D eigenvalue weighted by Crippen LogP contribution is -2.45. The van der Waals surface area contributed by atoms with Gasteiger partial charge in [0.1, 0.15) is 6.04 Å². The molecule has 2 unspecified atom stereocenters. The first-order valence-corrected chi connectivity index (χ1v) is 9.52. The van der Waals surface area contributed by atoms with Gasteiger partial charge >= 0.3 is 5.97 Å². The number of thioether (sulfide) groups is 1. The summed E-state index contributed by atoms with van der Waals surface area (Å²) in [6.45, 7) is 2.04. The number of hydrogen-bond donors (Lipinski definition) is 1. The Bertz CT molecular complexity index is 515. The number of thiophene rings is 1. The van der Waals surface area contributed by atoms with Gasteiger partial charge in [0.25, 0.3) is 5.91 Å². The van der Waals surface area contributed by atoms with Crippen LogP contribution in [0.3, 0.4) is 0 Å². The van der Waals surface area contributed by atoms with Crippen molar-refractivity contribution < 1.29 is 14.7 Å². The van der Waals surface area contributed by atoms with Gasteiger partial charge in [-0.3, -0.25) is 4.79 Å². The van der Waals surface area contributed by atoms with Crippen LogP contribution in [-0.2, 0) is 4.79 Å². The Morgan fingerprint density at radius 2 is 2.20 bits per heavy atom. The predicted octanol–water partition coefficient (Wildman–Crippen LogP) is 4.04. The monoisotopic (exact) mass is 441 g/mol. The van der Waals surface area contributed by atoms with E-state index in [1.54, 1.807) is 17.8 Å². The minimum Gasteiger partial charge on any atom is -0.480 e. The molecule has 8 heteroatoms. The maximum atomic E-state index is 12.6. The highest BCUT2D eigenvalue weighted by molar-refractivity contribution is 9.13. The third-order valence-corrected chi connectivity index (χ3v) is 7.60. The molecule has 0 bridgehead atoms. The minimum atomic E-state index is -0.931. The normalized spacial score (nSPS) is 22.2. The molecule has 2 atom stereocenters. The van der Waals surface area contributed by atoms with Gasteiger partial charge in [-0.15, -0.1) is 23.1 Å². The van der Waals surface area contributed by atoms with Crippen molar-refractivity contribution in [1.82, 2.24) is 4.90 Å². The molecule has 2 heterocycles. The molecule has 0 radical (unpaired) electrons. The van der Waals surface area contributed by atoms with Crippen LogP contribution in [0.15, 0.2) is 14.3 Å². The van der Waals surface area contributed by atoms with Crippen molar-refractivity contribution in [3.05, 3.63) is 19.2 Å². The standard InChI is InChI=1S/C12H13Br2NO3S2/c1-2-3-9-15(7(5-19-9)12(17)18)11(16)8-4-6(13)10(14)20-8/h4,7,9H,2-3,5H2,1H3,(H,17,18). The number of carboxylic acids is 1. The average Bonchev–Trinajstić information content (AvgIpc) is 2.94. The van der Waals surface area contributed by atoms with E-state index < -0.39 is 12.0 Å². The van der Waals surface area contributed by atoms with Crippen LogP contribution in [-0.4, -0.2) is 39.1 Å². The van der Waals surface area contributed by atoms with Crippen LogP contribution in [0.25, 0.3) is 0 Å². The van der Waals surface area contributed by atoms with Crippen LogP contribution in [0.1, 0.15) is 29.4 Å². The highest BCUT2D eigenvalue weighted by Gasteiger charge is 2.41. The van der Waals surface area contributed by atoms with E-state index in [4.69, 9.17) is 0 Å². The molecule has 1 aliphatic rings. The van der Waals surface area contributed by atoms with Crippen molar-refractivity contribution in [2.24, 2.45) is 0 Å². The fourth-order valence-corrected chi connectivity index (χ4v) is 5.57. The largest absolute Gasteiger partial charge is 0.480 e. The molecule has 1 aromatic heterocycles. The number of carboxylic acid groups (broad SMARTS) is 1. The molecular weight excluding hydrogens is 430 g/mol. The molecule has 1 amide bonds. The lowest BCUT2D eigenvalue weighted by atomic mass is 10.2. The van der Waals surface area contributed by atoms with Crippen molar-refractivity contribution in [3.8, 4) is 0 Å². The highest BCUT2D eigenvalue weighted by Crippen LogP contribution is 2.37. The Morgan fingerprint density at radius 3 is 2.70 bits per heavy atom. The summed E-state index contributed by atoms with van der Waals surface area (Å²) in [6.07, 6.45) is 1.74. The van der Waals surface area contributed by atoms with Gasteiger partial charge in [0, 0.05) is 10.2 Å². The Morgan fingerprint density at radius 1 is 1.50 bits per heavy atom. The third kappa shape index (κ3) is 3.23. The van der Waals surface area contributed by atoms with Gasteiger partial charge in [0.05, 0.1) is 14.0 Å². The highest BCUT2D eigenvalue weighted by atomic mass is 79.9. The van der Waals surface area contributed by atoms with Crippen LogP contribution in [0.4, 0.5) is 0 Å². The molecule has 110 valence electrons. The Hall–Kier alpha value is -0.0500. The Labute approximate surface area is 142 Å². The third-order valence-electron chi connectivity index (χ3n) is 3.00. The van der Waals surface area contributed by atoms with Crippen molar-refractivity contribution in [2.75, 3.05) is 5.75 Å². The van der Waals surface area contributed by atoms with Crippen LogP contribution in [0.5, 0.6) is 0 Å². The second-order valence-electron chi connectivity index (χ2n) is 4.38. The molecule has 1 saturated heterocycles. The van der Waals surface area contributed by atoms with Gasteiger partial charge in [-0.25, -0.2) is 4.79 Å². The van der Waals surface area contributed by atoms with E-state index in [0.29, 0.717) is 10.6 Å². The number of halogens is 2. The first kappa shape index (κ1) is 16.3. The molecule has 0 aliphatic carbocycles. The zero-order chi connectivity index (χ0) is 14.9. The maximum Gasteiger partial charge on any atom is 0.327 e. The summed E-state index contributed by atoms with van der Waals surface area (Å²) in [4.78, 5) is 26.1. The summed E-state index contributed by atoms with van der Waals surface area (Å²) >= 11 is 9.59. The fraction of sp³-hybridized carbons (Fsp3) is 0.500. The molecule has 20 heavy (non-hydrogen) atoms. The minimum absolute atomic E-state index is 0.0479. The van der Waals surface area contributed by atoms with E-state index in [1.165, 1.54) is 16.2 Å². The van der Waals surface area contributed by atoms with Crippen LogP contribution < -0.4 is 0 Å². The van der Waals surface area contributed by atoms with Crippen LogP contribution >= 0.6 is 55.0 Å². The van der Waals surface area contributed by atoms with Crippen molar-refractivity contribution in [1.29, 1.82) is 0 Å². The van der Waals surface area contributed by atoms with Gasteiger partial charge in [-0.1, -0.05) is 13.3 Å². The molecule has 1 fully saturated rings. The quantitative estimate of drug-likeness (QED) is 0.764. The summed E-state index contributed by atoms with van der Waals surface area (Å²) < 4.78 is 1.66. The Balaban J connectivity index is 2.29. The van der Waals surface area contributed by atoms with Crippen LogP contribution in [0, 0.1) is 0 Å². The van der Waals surface area contributed by atoms with E-state index in [-0.39, 0.29) is 11.3 Å². The number of carbonyl (C=O) groups is 2. The van der Waals surface area contributed by atoms with Gasteiger partial charge in [0.15, 0.2) is 0 Å². The second-order valence-corrected chi connectivity index (χ2v) is 8.81. The van der Waals surface area contributed by atoms with Crippen molar-refractivity contribution >= 4 is 66.8 Å². The summed E-state index contributed by atoms with van der Waals surface area (Å²) in [5, 5.41) is 9.26. The molecule has 2 rings (SSSR count). The summed E-state index contributed by atoms with van der Waals surface area (Å²) in [6, 6.07) is 1.01.